The molecule has 0 saturated carbocycles. The van der Waals surface area contributed by atoms with Gasteiger partial charge in [0.25, 0.3) is 5.91 Å². The average Bonchev–Trinajstić information content (AvgIpc) is 2.68. The van der Waals surface area contributed by atoms with E-state index < -0.39 is 12.0 Å². The molecule has 0 bridgehead atoms. The van der Waals surface area contributed by atoms with E-state index in [1.165, 1.54) is 24.3 Å². The first kappa shape index (κ1) is 17.2. The Bertz CT molecular complexity index is 934. The molecule has 0 spiro atoms. The molecule has 0 aliphatic heterocycles. The van der Waals surface area contributed by atoms with E-state index >= 15 is 0 Å². The van der Waals surface area contributed by atoms with E-state index in [-0.39, 0.29) is 5.82 Å². The predicted octanol–water partition coefficient (Wildman–Crippen LogP) is 4.46. The fourth-order valence-electron chi connectivity index (χ4n) is 2.42. The maximum absolute atomic E-state index is 13.0. The minimum absolute atomic E-state index is 0.382. The highest BCUT2D eigenvalue weighted by Gasteiger charge is 2.23. The van der Waals surface area contributed by atoms with Crippen molar-refractivity contribution >= 4 is 11.6 Å². The highest BCUT2D eigenvalue weighted by Crippen LogP contribution is 2.24. The van der Waals surface area contributed by atoms with Gasteiger partial charge in [-0.2, -0.15) is 5.26 Å². The molecule has 3 rings (SSSR count). The maximum Gasteiger partial charge on any atom is 0.270 e. The van der Waals surface area contributed by atoms with Gasteiger partial charge in [-0.3, -0.25) is 4.79 Å². The number of rotatable bonds is 5. The first-order chi connectivity index (χ1) is 12.7. The lowest BCUT2D eigenvalue weighted by atomic mass is 10.1. The van der Waals surface area contributed by atoms with Gasteiger partial charge in [0.1, 0.15) is 11.6 Å². The van der Waals surface area contributed by atoms with Crippen LogP contribution in [0.1, 0.15) is 17.2 Å². The molecule has 0 radical (unpaired) electrons. The number of nitriles is 1. The van der Waals surface area contributed by atoms with E-state index in [2.05, 4.69) is 5.32 Å². The van der Waals surface area contributed by atoms with Gasteiger partial charge in [0.2, 0.25) is 6.10 Å². The van der Waals surface area contributed by atoms with Gasteiger partial charge in [0.15, 0.2) is 0 Å². The summed E-state index contributed by atoms with van der Waals surface area (Å²) in [6, 6.07) is 23.1. The molecule has 0 saturated heterocycles. The van der Waals surface area contributed by atoms with Crippen molar-refractivity contribution in [3.63, 3.8) is 0 Å². The molecule has 4 nitrogen and oxygen atoms in total. The lowest BCUT2D eigenvalue weighted by molar-refractivity contribution is -0.123. The highest BCUT2D eigenvalue weighted by molar-refractivity contribution is 5.95. The summed E-state index contributed by atoms with van der Waals surface area (Å²) in [5, 5.41) is 11.7. The van der Waals surface area contributed by atoms with Crippen molar-refractivity contribution in [3.05, 3.63) is 95.8 Å². The summed E-state index contributed by atoms with van der Waals surface area (Å²) < 4.78 is 18.9. The fraction of sp³-hybridized carbons (Fsp3) is 0.0476. The predicted molar refractivity (Wildman–Crippen MR) is 96.0 cm³/mol. The topological polar surface area (TPSA) is 62.1 Å². The van der Waals surface area contributed by atoms with Gasteiger partial charge in [0, 0.05) is 11.3 Å². The molecule has 0 aromatic heterocycles. The number of benzene rings is 3. The van der Waals surface area contributed by atoms with Crippen molar-refractivity contribution in [1.29, 1.82) is 5.26 Å². The van der Waals surface area contributed by atoms with Crippen molar-refractivity contribution in [2.45, 2.75) is 6.10 Å². The minimum atomic E-state index is -0.921. The quantitative estimate of drug-likeness (QED) is 0.742. The molecular weight excluding hydrogens is 331 g/mol. The van der Waals surface area contributed by atoms with E-state index in [1.807, 2.05) is 24.3 Å². The van der Waals surface area contributed by atoms with E-state index in [9.17, 15) is 9.18 Å². The van der Waals surface area contributed by atoms with Crippen LogP contribution in [0.25, 0.3) is 0 Å². The van der Waals surface area contributed by atoms with E-state index in [1.54, 1.807) is 36.4 Å². The molecule has 0 unspecified atom stereocenters. The zero-order valence-electron chi connectivity index (χ0n) is 13.7. The molecule has 0 fully saturated rings. The Morgan fingerprint density at radius 2 is 1.73 bits per heavy atom. The third-order valence-corrected chi connectivity index (χ3v) is 3.67. The molecule has 0 aliphatic rings. The van der Waals surface area contributed by atoms with Crippen LogP contribution in [0.2, 0.25) is 0 Å². The molecule has 3 aromatic carbocycles. The van der Waals surface area contributed by atoms with Crippen molar-refractivity contribution < 1.29 is 13.9 Å². The summed E-state index contributed by atoms with van der Waals surface area (Å²) in [5.41, 5.74) is 1.56. The van der Waals surface area contributed by atoms with Gasteiger partial charge in [-0.15, -0.1) is 0 Å². The van der Waals surface area contributed by atoms with Crippen LogP contribution in [-0.4, -0.2) is 5.91 Å². The number of amides is 1. The van der Waals surface area contributed by atoms with Crippen LogP contribution in [0.15, 0.2) is 78.9 Å². The van der Waals surface area contributed by atoms with Crippen LogP contribution < -0.4 is 10.1 Å². The molecule has 3 aromatic rings. The standard InChI is InChI=1S/C21H15FN2O2/c22-17-9-11-18(12-10-17)24-21(25)20(16-6-2-1-3-7-16)26-19-8-4-5-15(13-19)14-23/h1-13,20H,(H,24,25)/t20-/m0/s1. The second kappa shape index (κ2) is 7.95. The summed E-state index contributed by atoms with van der Waals surface area (Å²) in [6.45, 7) is 0. The SMILES string of the molecule is N#Cc1cccc(O[C@H](C(=O)Nc2ccc(F)cc2)c2ccccc2)c1. The lowest BCUT2D eigenvalue weighted by Crippen LogP contribution is -2.25. The van der Waals surface area contributed by atoms with Crippen molar-refractivity contribution in [2.75, 3.05) is 5.32 Å². The largest absolute Gasteiger partial charge is 0.476 e. The highest BCUT2D eigenvalue weighted by atomic mass is 19.1. The van der Waals surface area contributed by atoms with Gasteiger partial charge < -0.3 is 10.1 Å². The Morgan fingerprint density at radius 3 is 2.42 bits per heavy atom. The average molecular weight is 346 g/mol. The van der Waals surface area contributed by atoms with Crippen molar-refractivity contribution in [2.24, 2.45) is 0 Å². The van der Waals surface area contributed by atoms with Crippen molar-refractivity contribution in [1.82, 2.24) is 0 Å². The maximum atomic E-state index is 13.0. The van der Waals surface area contributed by atoms with Crippen LogP contribution in [0.3, 0.4) is 0 Å². The molecule has 0 heterocycles. The Kier molecular flexibility index (Phi) is 5.25. The Morgan fingerprint density at radius 1 is 1.00 bits per heavy atom. The van der Waals surface area contributed by atoms with Gasteiger partial charge in [-0.25, -0.2) is 4.39 Å². The van der Waals surface area contributed by atoms with Crippen LogP contribution in [-0.2, 0) is 4.79 Å². The van der Waals surface area contributed by atoms with Crippen LogP contribution >= 0.6 is 0 Å². The number of carbonyl (C=O) groups excluding carboxylic acids is 1. The van der Waals surface area contributed by atoms with E-state index in [0.29, 0.717) is 22.6 Å². The summed E-state index contributed by atoms with van der Waals surface area (Å²) >= 11 is 0. The van der Waals surface area contributed by atoms with E-state index in [0.717, 1.165) is 0 Å². The second-order valence-electron chi connectivity index (χ2n) is 5.54. The fourth-order valence-corrected chi connectivity index (χ4v) is 2.42. The number of anilines is 1. The Labute approximate surface area is 150 Å². The number of hydrogen-bond donors (Lipinski definition) is 1. The van der Waals surface area contributed by atoms with Crippen LogP contribution in [0, 0.1) is 17.1 Å². The van der Waals surface area contributed by atoms with Crippen molar-refractivity contribution in [3.8, 4) is 11.8 Å². The number of ether oxygens (including phenoxy) is 1. The smallest absolute Gasteiger partial charge is 0.270 e. The minimum Gasteiger partial charge on any atom is -0.476 e. The monoisotopic (exact) mass is 346 g/mol. The third-order valence-electron chi connectivity index (χ3n) is 3.67. The number of halogens is 1. The molecule has 1 atom stereocenters. The van der Waals surface area contributed by atoms with Gasteiger partial charge in [-0.05, 0) is 42.5 Å². The molecule has 5 heteroatoms. The van der Waals surface area contributed by atoms with Gasteiger partial charge >= 0.3 is 0 Å². The summed E-state index contributed by atoms with van der Waals surface area (Å²) in [5.74, 6) is -0.371. The zero-order valence-corrected chi connectivity index (χ0v) is 13.7. The number of carbonyl (C=O) groups is 1. The zero-order chi connectivity index (χ0) is 18.4. The Balaban J connectivity index is 1.86. The molecule has 26 heavy (non-hydrogen) atoms. The normalized spacial score (nSPS) is 11.2. The van der Waals surface area contributed by atoms with Crippen LogP contribution in [0.4, 0.5) is 10.1 Å². The van der Waals surface area contributed by atoms with E-state index in [4.69, 9.17) is 10.00 Å². The first-order valence-corrected chi connectivity index (χ1v) is 7.94. The van der Waals surface area contributed by atoms with Gasteiger partial charge in [-0.1, -0.05) is 36.4 Å². The number of hydrogen-bond acceptors (Lipinski definition) is 3. The summed E-state index contributed by atoms with van der Waals surface area (Å²) in [7, 11) is 0. The van der Waals surface area contributed by atoms with Gasteiger partial charge in [0.05, 0.1) is 11.6 Å². The molecule has 128 valence electrons. The number of nitrogens with zero attached hydrogens (tertiary/aromatic N) is 1. The molecular formula is C21H15FN2O2. The molecule has 1 amide bonds. The number of nitrogens with one attached hydrogen (secondary N) is 1. The molecule has 0 aliphatic carbocycles. The Hall–Kier alpha value is -3.65. The summed E-state index contributed by atoms with van der Waals surface area (Å²) in [4.78, 5) is 12.8. The second-order valence-corrected chi connectivity index (χ2v) is 5.54. The lowest BCUT2D eigenvalue weighted by Gasteiger charge is -2.19. The molecule has 1 N–H and O–H groups in total. The third kappa shape index (κ3) is 4.25. The van der Waals surface area contributed by atoms with Crippen LogP contribution in [0.5, 0.6) is 5.75 Å². The summed E-state index contributed by atoms with van der Waals surface area (Å²) in [6.07, 6.45) is -0.921. The first-order valence-electron chi connectivity index (χ1n) is 7.94.